The van der Waals surface area contributed by atoms with Crippen molar-refractivity contribution in [3.63, 3.8) is 0 Å². The van der Waals surface area contributed by atoms with Crippen molar-refractivity contribution >= 4 is 0 Å². The molecule has 1 aliphatic rings. The number of benzene rings is 1. The first-order valence-corrected chi connectivity index (χ1v) is 8.17. The Kier molecular flexibility index (Phi) is 4.04. The number of imidazole rings is 2. The highest BCUT2D eigenvalue weighted by Crippen LogP contribution is 2.28. The highest BCUT2D eigenvalue weighted by Gasteiger charge is 2.18. The molecule has 3 heterocycles. The van der Waals surface area contributed by atoms with Gasteiger partial charge in [0.25, 0.3) is 0 Å². The quantitative estimate of drug-likeness (QED) is 0.724. The predicted octanol–water partition coefficient (Wildman–Crippen LogP) is 2.83. The Hall–Kier alpha value is -2.60. The molecule has 2 aromatic heterocycles. The first-order chi connectivity index (χ1) is 11.8. The minimum atomic E-state index is 0.192. The molecule has 1 aromatic carbocycles. The summed E-state index contributed by atoms with van der Waals surface area (Å²) < 4.78 is 15.7. The summed E-state index contributed by atoms with van der Waals surface area (Å²) in [6, 6.07) is 8.00. The van der Waals surface area contributed by atoms with E-state index < -0.39 is 0 Å². The first kappa shape index (κ1) is 15.0. The Morgan fingerprint density at radius 2 is 2.25 bits per heavy atom. The number of aryl methyl sites for hydroxylation is 1. The van der Waals surface area contributed by atoms with Gasteiger partial charge in [-0.1, -0.05) is 12.1 Å². The number of hydrogen-bond donors (Lipinski definition) is 0. The van der Waals surface area contributed by atoms with Gasteiger partial charge >= 0.3 is 0 Å². The predicted molar refractivity (Wildman–Crippen MR) is 90.2 cm³/mol. The minimum absolute atomic E-state index is 0.192. The van der Waals surface area contributed by atoms with Crippen molar-refractivity contribution in [2.75, 3.05) is 13.2 Å². The van der Waals surface area contributed by atoms with Gasteiger partial charge in [-0.05, 0) is 25.0 Å². The van der Waals surface area contributed by atoms with E-state index in [1.54, 1.807) is 12.5 Å². The highest BCUT2D eigenvalue weighted by atomic mass is 16.5. The molecule has 0 aliphatic carbocycles. The molecule has 0 saturated carbocycles. The Morgan fingerprint density at radius 3 is 3.04 bits per heavy atom. The molecule has 1 fully saturated rings. The SMILES string of the molecule is Cn1cncc1-c1nccn1-c1ccccc1OC[C@@H]1CCCO1. The van der Waals surface area contributed by atoms with Crippen molar-refractivity contribution in [2.24, 2.45) is 7.05 Å². The lowest BCUT2D eigenvalue weighted by molar-refractivity contribution is 0.0679. The average Bonchev–Trinajstić information content (AvgIpc) is 3.34. The van der Waals surface area contributed by atoms with Crippen molar-refractivity contribution in [3.8, 4) is 23.0 Å². The standard InChI is InChI=1S/C18H20N4O2/c1-21-13-19-11-16(21)18-20-8-9-22(18)15-6-2-3-7-17(15)24-12-14-5-4-10-23-14/h2-3,6-9,11,13-14H,4-5,10,12H2,1H3/t14-/m0/s1. The second kappa shape index (κ2) is 6.49. The normalized spacial score (nSPS) is 17.3. The minimum Gasteiger partial charge on any atom is -0.489 e. The summed E-state index contributed by atoms with van der Waals surface area (Å²) in [5, 5.41) is 0. The molecule has 1 atom stereocenters. The molecule has 6 nitrogen and oxygen atoms in total. The van der Waals surface area contributed by atoms with Crippen molar-refractivity contribution in [2.45, 2.75) is 18.9 Å². The molecule has 0 radical (unpaired) electrons. The largest absolute Gasteiger partial charge is 0.489 e. The average molecular weight is 324 g/mol. The van der Waals surface area contributed by atoms with Gasteiger partial charge in [0.1, 0.15) is 18.1 Å². The summed E-state index contributed by atoms with van der Waals surface area (Å²) in [4.78, 5) is 8.68. The van der Waals surface area contributed by atoms with E-state index in [2.05, 4.69) is 9.97 Å². The van der Waals surface area contributed by atoms with Crippen LogP contribution in [0.3, 0.4) is 0 Å². The molecule has 1 aliphatic heterocycles. The third-order valence-electron chi connectivity index (χ3n) is 4.26. The van der Waals surface area contributed by atoms with E-state index in [0.717, 1.165) is 42.4 Å². The van der Waals surface area contributed by atoms with Gasteiger partial charge in [0.15, 0.2) is 5.82 Å². The van der Waals surface area contributed by atoms with Gasteiger partial charge in [0, 0.05) is 26.0 Å². The van der Waals surface area contributed by atoms with Crippen LogP contribution in [0.4, 0.5) is 0 Å². The summed E-state index contributed by atoms with van der Waals surface area (Å²) in [5.74, 6) is 1.66. The molecule has 0 N–H and O–H groups in total. The van der Waals surface area contributed by atoms with Crippen molar-refractivity contribution in [3.05, 3.63) is 49.2 Å². The molecule has 4 rings (SSSR count). The number of rotatable bonds is 5. The fourth-order valence-corrected chi connectivity index (χ4v) is 3.00. The zero-order valence-corrected chi connectivity index (χ0v) is 13.6. The Morgan fingerprint density at radius 1 is 1.33 bits per heavy atom. The molecule has 0 spiro atoms. The Bertz CT molecular complexity index is 818. The van der Waals surface area contributed by atoms with E-state index in [1.807, 2.05) is 52.8 Å². The lowest BCUT2D eigenvalue weighted by atomic mass is 10.2. The number of hydrogen-bond acceptors (Lipinski definition) is 4. The second-order valence-corrected chi connectivity index (χ2v) is 5.92. The zero-order chi connectivity index (χ0) is 16.4. The molecular weight excluding hydrogens is 304 g/mol. The third kappa shape index (κ3) is 2.80. The maximum Gasteiger partial charge on any atom is 0.163 e. The molecular formula is C18H20N4O2. The van der Waals surface area contributed by atoms with Crippen LogP contribution in [0.5, 0.6) is 5.75 Å². The van der Waals surface area contributed by atoms with E-state index in [-0.39, 0.29) is 6.10 Å². The van der Waals surface area contributed by atoms with Gasteiger partial charge in [-0.2, -0.15) is 0 Å². The van der Waals surface area contributed by atoms with Crippen molar-refractivity contribution in [1.82, 2.24) is 19.1 Å². The van der Waals surface area contributed by atoms with Crippen LogP contribution in [0.1, 0.15) is 12.8 Å². The van der Waals surface area contributed by atoms with E-state index in [1.165, 1.54) is 0 Å². The van der Waals surface area contributed by atoms with E-state index in [0.29, 0.717) is 6.61 Å². The van der Waals surface area contributed by atoms with Gasteiger partial charge in [0.05, 0.1) is 24.3 Å². The molecule has 3 aromatic rings. The van der Waals surface area contributed by atoms with Crippen LogP contribution in [0, 0.1) is 0 Å². The summed E-state index contributed by atoms with van der Waals surface area (Å²) >= 11 is 0. The van der Waals surface area contributed by atoms with Gasteiger partial charge < -0.3 is 14.0 Å². The first-order valence-electron chi connectivity index (χ1n) is 8.17. The second-order valence-electron chi connectivity index (χ2n) is 5.92. The van der Waals surface area contributed by atoms with Crippen molar-refractivity contribution in [1.29, 1.82) is 0 Å². The lowest BCUT2D eigenvalue weighted by Crippen LogP contribution is -2.17. The van der Waals surface area contributed by atoms with Crippen LogP contribution in [0.2, 0.25) is 0 Å². The fourth-order valence-electron chi connectivity index (χ4n) is 3.00. The Balaban J connectivity index is 1.65. The van der Waals surface area contributed by atoms with Crippen LogP contribution in [0.25, 0.3) is 17.2 Å². The van der Waals surface area contributed by atoms with E-state index in [4.69, 9.17) is 9.47 Å². The van der Waals surface area contributed by atoms with Crippen LogP contribution in [-0.2, 0) is 11.8 Å². The summed E-state index contributed by atoms with van der Waals surface area (Å²) in [6.45, 7) is 1.41. The molecule has 6 heteroatoms. The molecule has 0 bridgehead atoms. The number of ether oxygens (including phenoxy) is 2. The smallest absolute Gasteiger partial charge is 0.163 e. The number of aromatic nitrogens is 4. The summed E-state index contributed by atoms with van der Waals surface area (Å²) in [7, 11) is 1.96. The van der Waals surface area contributed by atoms with Crippen molar-refractivity contribution < 1.29 is 9.47 Å². The van der Waals surface area contributed by atoms with Crippen LogP contribution >= 0.6 is 0 Å². The molecule has 0 unspecified atom stereocenters. The van der Waals surface area contributed by atoms with Gasteiger partial charge in [0.2, 0.25) is 0 Å². The highest BCUT2D eigenvalue weighted by molar-refractivity contribution is 5.57. The monoisotopic (exact) mass is 324 g/mol. The van der Waals surface area contributed by atoms with Gasteiger partial charge in [-0.25, -0.2) is 9.97 Å². The fraction of sp³-hybridized carbons (Fsp3) is 0.333. The summed E-state index contributed by atoms with van der Waals surface area (Å²) in [6.07, 6.45) is 9.69. The zero-order valence-electron chi connectivity index (χ0n) is 13.6. The van der Waals surface area contributed by atoms with E-state index in [9.17, 15) is 0 Å². The number of nitrogens with zero attached hydrogens (tertiary/aromatic N) is 4. The summed E-state index contributed by atoms with van der Waals surface area (Å²) in [5.41, 5.74) is 1.91. The van der Waals surface area contributed by atoms with Gasteiger partial charge in [-0.15, -0.1) is 0 Å². The molecule has 1 saturated heterocycles. The van der Waals surface area contributed by atoms with E-state index >= 15 is 0 Å². The molecule has 24 heavy (non-hydrogen) atoms. The van der Waals surface area contributed by atoms with Gasteiger partial charge in [-0.3, -0.25) is 4.57 Å². The molecule has 124 valence electrons. The lowest BCUT2D eigenvalue weighted by Gasteiger charge is -2.16. The molecule has 0 amide bonds. The Labute approximate surface area is 140 Å². The number of para-hydroxylation sites is 2. The topological polar surface area (TPSA) is 54.1 Å². The maximum atomic E-state index is 6.05. The third-order valence-corrected chi connectivity index (χ3v) is 4.26. The van der Waals surface area contributed by atoms with Crippen LogP contribution < -0.4 is 4.74 Å². The van der Waals surface area contributed by atoms with Crippen LogP contribution in [0.15, 0.2) is 49.2 Å². The maximum absolute atomic E-state index is 6.05. The van der Waals surface area contributed by atoms with Crippen LogP contribution in [-0.4, -0.2) is 38.4 Å².